The second-order valence-corrected chi connectivity index (χ2v) is 8.20. The molecule has 28 heavy (non-hydrogen) atoms. The fourth-order valence-corrected chi connectivity index (χ4v) is 4.24. The first-order valence-electron chi connectivity index (χ1n) is 8.22. The van der Waals surface area contributed by atoms with E-state index in [0.29, 0.717) is 15.1 Å². The Labute approximate surface area is 171 Å². The number of halogens is 5. The lowest BCUT2D eigenvalue weighted by atomic mass is 9.97. The Morgan fingerprint density at radius 1 is 1.21 bits per heavy atom. The van der Waals surface area contributed by atoms with Gasteiger partial charge in [0.2, 0.25) is 0 Å². The largest absolute Gasteiger partial charge is 0.388 e. The zero-order valence-corrected chi connectivity index (χ0v) is 17.2. The summed E-state index contributed by atoms with van der Waals surface area (Å²) in [5.74, 6) is 0.298. The number of carbonyl (C=O) groups is 1. The van der Waals surface area contributed by atoms with Gasteiger partial charge in [-0.1, -0.05) is 6.92 Å². The highest BCUT2D eigenvalue weighted by molar-refractivity contribution is 9.10. The Balaban J connectivity index is 2.01. The number of hydrogen-bond donors (Lipinski definition) is 1. The molecule has 0 fully saturated rings. The summed E-state index contributed by atoms with van der Waals surface area (Å²) in [5, 5.41) is 2.68. The summed E-state index contributed by atoms with van der Waals surface area (Å²) in [5.41, 5.74) is -1.35. The molecule has 0 saturated carbocycles. The van der Waals surface area contributed by atoms with Crippen LogP contribution < -0.4 is 5.32 Å². The van der Waals surface area contributed by atoms with Crippen LogP contribution in [0.5, 0.6) is 0 Å². The highest BCUT2D eigenvalue weighted by Crippen LogP contribution is 2.52. The third-order valence-corrected chi connectivity index (χ3v) is 5.48. The van der Waals surface area contributed by atoms with E-state index >= 15 is 0 Å². The number of nitrogens with one attached hydrogen (secondary N) is 1. The SMILES string of the molecule is CCSc1cc(Br)cnc1C(=O)Cc1cc2c(cc1NC)C(F)(F)OC2(F)F. The van der Waals surface area contributed by atoms with E-state index < -0.39 is 29.1 Å². The molecule has 0 bridgehead atoms. The second kappa shape index (κ2) is 7.64. The number of pyridine rings is 1. The Hall–Kier alpha value is -1.65. The van der Waals surface area contributed by atoms with Crippen LogP contribution in [-0.4, -0.2) is 23.6 Å². The molecule has 0 spiro atoms. The average molecular weight is 479 g/mol. The number of anilines is 1. The van der Waals surface area contributed by atoms with Gasteiger partial charge < -0.3 is 5.32 Å². The standard InChI is InChI=1S/C18H15BrF4N2O2S/c1-3-28-15-6-10(19)8-25-16(15)14(26)5-9-4-11-12(7-13(9)24-2)18(22,23)27-17(11,20)21/h4,6-8,24H,3,5H2,1-2H3. The molecule has 0 aliphatic carbocycles. The fourth-order valence-electron chi connectivity index (χ4n) is 2.93. The first kappa shape index (κ1) is 21.1. The van der Waals surface area contributed by atoms with E-state index in [1.165, 1.54) is 25.0 Å². The first-order valence-corrected chi connectivity index (χ1v) is 10.00. The van der Waals surface area contributed by atoms with Gasteiger partial charge in [0.1, 0.15) is 5.69 Å². The number of carbonyl (C=O) groups excluding carboxylic acids is 1. The minimum Gasteiger partial charge on any atom is -0.388 e. The molecule has 0 saturated heterocycles. The number of ether oxygens (including phenoxy) is 1. The summed E-state index contributed by atoms with van der Waals surface area (Å²) >= 11 is 4.71. The van der Waals surface area contributed by atoms with Gasteiger partial charge >= 0.3 is 12.2 Å². The maximum Gasteiger partial charge on any atom is 0.388 e. The second-order valence-electron chi connectivity index (χ2n) is 5.97. The first-order chi connectivity index (χ1) is 13.1. The molecule has 4 nitrogen and oxygen atoms in total. The smallest absolute Gasteiger partial charge is 0.388 e. The van der Waals surface area contributed by atoms with Crippen LogP contribution in [0.15, 0.2) is 33.8 Å². The van der Waals surface area contributed by atoms with Gasteiger partial charge in [-0.15, -0.1) is 11.8 Å². The Morgan fingerprint density at radius 2 is 1.86 bits per heavy atom. The van der Waals surface area contributed by atoms with Crippen LogP contribution >= 0.6 is 27.7 Å². The molecule has 2 heterocycles. The van der Waals surface area contributed by atoms with Crippen molar-refractivity contribution in [1.29, 1.82) is 0 Å². The number of ketones is 1. The monoisotopic (exact) mass is 478 g/mol. The zero-order valence-electron chi connectivity index (χ0n) is 14.8. The number of alkyl halides is 4. The van der Waals surface area contributed by atoms with Gasteiger partial charge in [0.15, 0.2) is 5.78 Å². The number of thioether (sulfide) groups is 1. The molecule has 2 aromatic rings. The Kier molecular flexibility index (Phi) is 5.75. The van der Waals surface area contributed by atoms with Gasteiger partial charge in [0.05, 0.1) is 11.1 Å². The molecule has 0 radical (unpaired) electrons. The van der Waals surface area contributed by atoms with Crippen molar-refractivity contribution < 1.29 is 27.1 Å². The van der Waals surface area contributed by atoms with Crippen LogP contribution in [0.4, 0.5) is 23.2 Å². The van der Waals surface area contributed by atoms with E-state index in [1.54, 1.807) is 6.07 Å². The molecule has 1 aliphatic heterocycles. The van der Waals surface area contributed by atoms with E-state index in [0.717, 1.165) is 12.1 Å². The molecular weight excluding hydrogens is 464 g/mol. The lowest BCUT2D eigenvalue weighted by Crippen LogP contribution is -2.17. The molecule has 1 aliphatic rings. The number of rotatable bonds is 6. The predicted molar refractivity (Wildman–Crippen MR) is 101 cm³/mol. The van der Waals surface area contributed by atoms with Gasteiger partial charge in [0.25, 0.3) is 0 Å². The molecule has 1 aromatic heterocycles. The van der Waals surface area contributed by atoms with Gasteiger partial charge in [-0.25, -0.2) is 4.74 Å². The lowest BCUT2D eigenvalue weighted by molar-refractivity contribution is -0.369. The molecule has 0 unspecified atom stereocenters. The summed E-state index contributed by atoms with van der Waals surface area (Å²) in [4.78, 5) is 17.6. The summed E-state index contributed by atoms with van der Waals surface area (Å²) in [6.07, 6.45) is -7.05. The van der Waals surface area contributed by atoms with Gasteiger partial charge in [-0.2, -0.15) is 17.6 Å². The van der Waals surface area contributed by atoms with Crippen LogP contribution in [0.2, 0.25) is 0 Å². The quantitative estimate of drug-likeness (QED) is 0.335. The number of fused-ring (bicyclic) bond motifs is 1. The third-order valence-electron chi connectivity index (χ3n) is 4.13. The van der Waals surface area contributed by atoms with Crippen molar-refractivity contribution in [2.24, 2.45) is 0 Å². The lowest BCUT2D eigenvalue weighted by Gasteiger charge is -2.14. The number of Topliss-reactive ketones (excluding diaryl/α,β-unsaturated/α-hetero) is 1. The zero-order chi connectivity index (χ0) is 20.7. The number of hydrogen-bond acceptors (Lipinski definition) is 5. The van der Waals surface area contributed by atoms with Crippen molar-refractivity contribution >= 4 is 39.2 Å². The van der Waals surface area contributed by atoms with Crippen molar-refractivity contribution in [3.63, 3.8) is 0 Å². The van der Waals surface area contributed by atoms with Crippen molar-refractivity contribution in [3.05, 3.63) is 51.3 Å². The van der Waals surface area contributed by atoms with Crippen molar-refractivity contribution in [2.75, 3.05) is 18.1 Å². The van der Waals surface area contributed by atoms with E-state index in [1.807, 2.05) is 6.92 Å². The number of aromatic nitrogens is 1. The maximum atomic E-state index is 13.9. The average Bonchev–Trinajstić information content (AvgIpc) is 2.78. The third kappa shape index (κ3) is 3.90. The molecule has 0 atom stereocenters. The summed E-state index contributed by atoms with van der Waals surface area (Å²) in [6, 6.07) is 3.54. The topological polar surface area (TPSA) is 51.2 Å². The Bertz CT molecular complexity index is 940. The summed E-state index contributed by atoms with van der Waals surface area (Å²) < 4.78 is 59.6. The normalized spacial score (nSPS) is 16.7. The molecule has 1 N–H and O–H groups in total. The molecule has 10 heteroatoms. The van der Waals surface area contributed by atoms with Crippen molar-refractivity contribution in [3.8, 4) is 0 Å². The van der Waals surface area contributed by atoms with Gasteiger partial charge in [-0.3, -0.25) is 9.78 Å². The summed E-state index contributed by atoms with van der Waals surface area (Å²) in [7, 11) is 1.46. The molecule has 0 amide bonds. The molecule has 3 rings (SSSR count). The Morgan fingerprint density at radius 3 is 2.46 bits per heavy atom. The molecular formula is C18H15BrF4N2O2S. The van der Waals surface area contributed by atoms with Gasteiger partial charge in [0, 0.05) is 34.7 Å². The van der Waals surface area contributed by atoms with Crippen LogP contribution in [0.25, 0.3) is 0 Å². The maximum absolute atomic E-state index is 13.9. The van der Waals surface area contributed by atoms with Crippen molar-refractivity contribution in [2.45, 2.75) is 30.5 Å². The van der Waals surface area contributed by atoms with Crippen LogP contribution in [0, 0.1) is 0 Å². The van der Waals surface area contributed by atoms with E-state index in [4.69, 9.17) is 0 Å². The van der Waals surface area contributed by atoms with E-state index in [9.17, 15) is 22.4 Å². The minimum atomic E-state index is -4.14. The van der Waals surface area contributed by atoms with Gasteiger partial charge in [-0.05, 0) is 45.4 Å². The van der Waals surface area contributed by atoms with Crippen LogP contribution in [0.1, 0.15) is 34.1 Å². The number of nitrogens with zero attached hydrogens (tertiary/aromatic N) is 1. The minimum absolute atomic E-state index is 0.148. The predicted octanol–water partition coefficient (Wildman–Crippen LogP) is 5.55. The number of benzene rings is 1. The molecule has 150 valence electrons. The van der Waals surface area contributed by atoms with Crippen molar-refractivity contribution in [1.82, 2.24) is 4.98 Å². The molecule has 1 aromatic carbocycles. The highest BCUT2D eigenvalue weighted by atomic mass is 79.9. The van der Waals surface area contributed by atoms with E-state index in [2.05, 4.69) is 31.0 Å². The summed E-state index contributed by atoms with van der Waals surface area (Å²) in [6.45, 7) is 1.92. The van der Waals surface area contributed by atoms with Crippen LogP contribution in [-0.2, 0) is 23.4 Å². The van der Waals surface area contributed by atoms with Crippen LogP contribution in [0.3, 0.4) is 0 Å². The fraction of sp³-hybridized carbons (Fsp3) is 0.333. The van der Waals surface area contributed by atoms with E-state index in [-0.39, 0.29) is 23.4 Å². The highest BCUT2D eigenvalue weighted by Gasteiger charge is 2.57.